The van der Waals surface area contributed by atoms with Crippen LogP contribution in [0.25, 0.3) is 0 Å². The van der Waals surface area contributed by atoms with Crippen LogP contribution >= 0.6 is 0 Å². The Kier molecular flexibility index (Phi) is 4.38. The van der Waals surface area contributed by atoms with Crippen LogP contribution in [0.5, 0.6) is 0 Å². The molecule has 0 spiro atoms. The van der Waals surface area contributed by atoms with Crippen molar-refractivity contribution in [2.45, 2.75) is 45.8 Å². The van der Waals surface area contributed by atoms with Crippen molar-refractivity contribution in [2.24, 2.45) is 11.8 Å². The van der Waals surface area contributed by atoms with Crippen LogP contribution in [0, 0.1) is 23.2 Å². The zero-order chi connectivity index (χ0) is 13.0. The zero-order valence-corrected chi connectivity index (χ0v) is 11.2. The van der Waals surface area contributed by atoms with Gasteiger partial charge in [-0.3, -0.25) is 0 Å². The molecule has 1 aromatic rings. The van der Waals surface area contributed by atoms with E-state index in [1.54, 1.807) is 0 Å². The van der Waals surface area contributed by atoms with Gasteiger partial charge in [0, 0.05) is 0 Å². The van der Waals surface area contributed by atoms with Crippen LogP contribution in [0.15, 0.2) is 24.3 Å². The van der Waals surface area contributed by atoms with E-state index in [2.05, 4.69) is 19.9 Å². The third-order valence-electron chi connectivity index (χ3n) is 3.70. The second kappa shape index (κ2) is 6.02. The van der Waals surface area contributed by atoms with E-state index in [1.807, 2.05) is 24.3 Å². The van der Waals surface area contributed by atoms with E-state index in [0.717, 1.165) is 17.4 Å². The lowest BCUT2D eigenvalue weighted by Gasteiger charge is -2.31. The van der Waals surface area contributed by atoms with Gasteiger partial charge in [-0.05, 0) is 48.8 Å². The van der Waals surface area contributed by atoms with Gasteiger partial charge in [0.15, 0.2) is 0 Å². The molecule has 0 saturated heterocycles. The van der Waals surface area contributed by atoms with Gasteiger partial charge >= 0.3 is 0 Å². The Morgan fingerprint density at radius 2 is 1.72 bits per heavy atom. The number of hydrogen-bond donors (Lipinski definition) is 0. The Balaban J connectivity index is 1.85. The standard InChI is InChI=1S/C16H21NO/c1-12-7-13(2)9-16(8-12)18-11-15-5-3-14(10-17)4-6-15/h3-6,12-13,16H,7-9,11H2,1-2H3. The highest BCUT2D eigenvalue weighted by molar-refractivity contribution is 5.31. The quantitative estimate of drug-likeness (QED) is 0.806. The fourth-order valence-electron chi connectivity index (χ4n) is 2.90. The van der Waals surface area contributed by atoms with Crippen molar-refractivity contribution < 1.29 is 4.74 Å². The molecule has 96 valence electrons. The molecule has 0 bridgehead atoms. The summed E-state index contributed by atoms with van der Waals surface area (Å²) in [5.41, 5.74) is 1.86. The summed E-state index contributed by atoms with van der Waals surface area (Å²) >= 11 is 0. The van der Waals surface area contributed by atoms with Crippen molar-refractivity contribution in [3.63, 3.8) is 0 Å². The molecule has 2 atom stereocenters. The van der Waals surface area contributed by atoms with Crippen molar-refractivity contribution in [1.29, 1.82) is 5.26 Å². The third-order valence-corrected chi connectivity index (χ3v) is 3.70. The molecule has 1 aliphatic carbocycles. The van der Waals surface area contributed by atoms with Gasteiger partial charge in [-0.2, -0.15) is 5.26 Å². The maximum absolute atomic E-state index is 8.74. The largest absolute Gasteiger partial charge is 0.374 e. The molecule has 0 aromatic heterocycles. The molecule has 2 nitrogen and oxygen atoms in total. The Morgan fingerprint density at radius 1 is 1.11 bits per heavy atom. The lowest BCUT2D eigenvalue weighted by Crippen LogP contribution is -2.26. The summed E-state index contributed by atoms with van der Waals surface area (Å²) in [7, 11) is 0. The van der Waals surface area contributed by atoms with E-state index in [0.29, 0.717) is 18.3 Å². The van der Waals surface area contributed by atoms with E-state index < -0.39 is 0 Å². The fraction of sp³-hybridized carbons (Fsp3) is 0.562. The van der Waals surface area contributed by atoms with Crippen LogP contribution in [0.2, 0.25) is 0 Å². The fourth-order valence-corrected chi connectivity index (χ4v) is 2.90. The normalized spacial score (nSPS) is 27.7. The van der Waals surface area contributed by atoms with Crippen LogP contribution < -0.4 is 0 Å². The molecule has 2 heteroatoms. The first kappa shape index (κ1) is 13.1. The van der Waals surface area contributed by atoms with E-state index in [9.17, 15) is 0 Å². The van der Waals surface area contributed by atoms with Gasteiger partial charge in [-0.1, -0.05) is 26.0 Å². The molecule has 2 rings (SSSR count). The SMILES string of the molecule is CC1CC(C)CC(OCc2ccc(C#N)cc2)C1. The average molecular weight is 243 g/mol. The third kappa shape index (κ3) is 3.58. The first-order valence-corrected chi connectivity index (χ1v) is 6.78. The molecule has 1 aliphatic rings. The Labute approximate surface area is 110 Å². The minimum absolute atomic E-state index is 0.402. The molecule has 0 heterocycles. The van der Waals surface area contributed by atoms with Gasteiger partial charge < -0.3 is 4.74 Å². The summed E-state index contributed by atoms with van der Waals surface area (Å²) in [6.07, 6.45) is 4.09. The second-order valence-electron chi connectivity index (χ2n) is 5.66. The van der Waals surface area contributed by atoms with Crippen molar-refractivity contribution in [1.82, 2.24) is 0 Å². The summed E-state index contributed by atoms with van der Waals surface area (Å²) in [5.74, 6) is 1.56. The number of benzene rings is 1. The lowest BCUT2D eigenvalue weighted by atomic mass is 9.82. The lowest BCUT2D eigenvalue weighted by molar-refractivity contribution is -0.00915. The first-order chi connectivity index (χ1) is 8.67. The topological polar surface area (TPSA) is 33.0 Å². The molecule has 0 amide bonds. The van der Waals surface area contributed by atoms with Gasteiger partial charge in [0.05, 0.1) is 24.3 Å². The van der Waals surface area contributed by atoms with Gasteiger partial charge in [-0.15, -0.1) is 0 Å². The van der Waals surface area contributed by atoms with Crippen molar-refractivity contribution in [2.75, 3.05) is 0 Å². The second-order valence-corrected chi connectivity index (χ2v) is 5.66. The van der Waals surface area contributed by atoms with Gasteiger partial charge in [-0.25, -0.2) is 0 Å². The number of rotatable bonds is 3. The molecule has 0 radical (unpaired) electrons. The molecule has 2 unspecified atom stereocenters. The maximum Gasteiger partial charge on any atom is 0.0991 e. The molecule has 0 N–H and O–H groups in total. The number of nitrogens with zero attached hydrogens (tertiary/aromatic N) is 1. The molecule has 1 fully saturated rings. The van der Waals surface area contributed by atoms with E-state index in [4.69, 9.17) is 10.00 Å². The van der Waals surface area contributed by atoms with E-state index in [-0.39, 0.29) is 0 Å². The molecule has 1 saturated carbocycles. The highest BCUT2D eigenvalue weighted by Gasteiger charge is 2.24. The van der Waals surface area contributed by atoms with Crippen LogP contribution in [0.3, 0.4) is 0 Å². The van der Waals surface area contributed by atoms with E-state index >= 15 is 0 Å². The Bertz CT molecular complexity index is 408. The summed E-state index contributed by atoms with van der Waals surface area (Å²) < 4.78 is 6.00. The summed E-state index contributed by atoms with van der Waals surface area (Å²) in [4.78, 5) is 0. The van der Waals surface area contributed by atoms with Crippen LogP contribution in [-0.2, 0) is 11.3 Å². The molecule has 0 aliphatic heterocycles. The Morgan fingerprint density at radius 3 is 2.28 bits per heavy atom. The summed E-state index contributed by atoms with van der Waals surface area (Å²) in [5, 5.41) is 8.74. The smallest absolute Gasteiger partial charge is 0.0991 e. The summed E-state index contributed by atoms with van der Waals surface area (Å²) in [6, 6.07) is 9.80. The predicted molar refractivity (Wildman–Crippen MR) is 71.9 cm³/mol. The minimum atomic E-state index is 0.402. The van der Waals surface area contributed by atoms with Crippen molar-refractivity contribution in [3.8, 4) is 6.07 Å². The average Bonchev–Trinajstić information content (AvgIpc) is 2.36. The van der Waals surface area contributed by atoms with Gasteiger partial charge in [0.2, 0.25) is 0 Å². The van der Waals surface area contributed by atoms with Crippen LogP contribution in [0.4, 0.5) is 0 Å². The molecular formula is C16H21NO. The maximum atomic E-state index is 8.74. The van der Waals surface area contributed by atoms with Gasteiger partial charge in [0.1, 0.15) is 0 Å². The zero-order valence-electron chi connectivity index (χ0n) is 11.2. The number of nitriles is 1. The van der Waals surface area contributed by atoms with Crippen LogP contribution in [0.1, 0.15) is 44.2 Å². The monoisotopic (exact) mass is 243 g/mol. The molecule has 1 aromatic carbocycles. The molecule has 18 heavy (non-hydrogen) atoms. The highest BCUT2D eigenvalue weighted by Crippen LogP contribution is 2.30. The van der Waals surface area contributed by atoms with Crippen molar-refractivity contribution >= 4 is 0 Å². The van der Waals surface area contributed by atoms with Crippen LogP contribution in [-0.4, -0.2) is 6.10 Å². The Hall–Kier alpha value is -1.33. The van der Waals surface area contributed by atoms with Crippen molar-refractivity contribution in [3.05, 3.63) is 35.4 Å². The highest BCUT2D eigenvalue weighted by atomic mass is 16.5. The van der Waals surface area contributed by atoms with Gasteiger partial charge in [0.25, 0.3) is 0 Å². The van der Waals surface area contributed by atoms with E-state index in [1.165, 1.54) is 19.3 Å². The molecular weight excluding hydrogens is 222 g/mol. The number of ether oxygens (including phenoxy) is 1. The number of hydrogen-bond acceptors (Lipinski definition) is 2. The minimum Gasteiger partial charge on any atom is -0.374 e. The predicted octanol–water partition coefficient (Wildman–Crippen LogP) is 3.90. The first-order valence-electron chi connectivity index (χ1n) is 6.78. The summed E-state index contributed by atoms with van der Waals surface area (Å²) in [6.45, 7) is 5.29.